The van der Waals surface area contributed by atoms with Crippen molar-refractivity contribution in [3.05, 3.63) is 91.1 Å². The second kappa shape index (κ2) is 8.91. The summed E-state index contributed by atoms with van der Waals surface area (Å²) in [7, 11) is 0. The lowest BCUT2D eigenvalue weighted by Gasteiger charge is -2.10. The largest absolute Gasteiger partial charge is 0.340 e. The van der Waals surface area contributed by atoms with Gasteiger partial charge in [0.2, 0.25) is 5.91 Å². The number of carbonyl (C=O) groups is 2. The summed E-state index contributed by atoms with van der Waals surface area (Å²) in [6, 6.07) is 19.9. The number of pyridine rings is 1. The summed E-state index contributed by atoms with van der Waals surface area (Å²) in [5.74, 6) is 0.0806. The molecule has 2 amide bonds. The van der Waals surface area contributed by atoms with E-state index in [1.807, 2.05) is 35.0 Å². The minimum atomic E-state index is -0.327. The molecule has 4 aromatic rings. The Balaban J connectivity index is 1.41. The van der Waals surface area contributed by atoms with Gasteiger partial charge in [-0.3, -0.25) is 9.59 Å². The van der Waals surface area contributed by atoms with E-state index < -0.39 is 0 Å². The Morgan fingerprint density at radius 3 is 2.16 bits per heavy atom. The van der Waals surface area contributed by atoms with Crippen molar-refractivity contribution in [3.8, 4) is 5.69 Å². The number of anilines is 4. The summed E-state index contributed by atoms with van der Waals surface area (Å²) < 4.78 is 1.91. The van der Waals surface area contributed by atoms with Gasteiger partial charge in [0.05, 0.1) is 6.33 Å². The number of hydrogen-bond donors (Lipinski definition) is 3. The van der Waals surface area contributed by atoms with Crippen LogP contribution in [0, 0.1) is 0 Å². The number of imidazole rings is 1. The van der Waals surface area contributed by atoms with Crippen LogP contribution in [-0.4, -0.2) is 26.3 Å². The van der Waals surface area contributed by atoms with Gasteiger partial charge in [0.25, 0.3) is 5.91 Å². The van der Waals surface area contributed by atoms with Crippen LogP contribution in [0.15, 0.2) is 85.5 Å². The van der Waals surface area contributed by atoms with Crippen molar-refractivity contribution in [1.29, 1.82) is 0 Å². The molecule has 8 nitrogen and oxygen atoms in total. The van der Waals surface area contributed by atoms with Gasteiger partial charge in [0, 0.05) is 42.1 Å². The van der Waals surface area contributed by atoms with Crippen molar-refractivity contribution in [2.24, 2.45) is 0 Å². The predicted molar refractivity (Wildman–Crippen MR) is 120 cm³/mol. The molecule has 0 saturated carbocycles. The highest BCUT2D eigenvalue weighted by Gasteiger charge is 2.09. The SMILES string of the molecule is CC(=O)Nc1ccc(NC(=O)c2cccc(Nc3ccc(-n4ccnc4)cc3)n2)cc1. The molecule has 0 fully saturated rings. The molecule has 0 spiro atoms. The van der Waals surface area contributed by atoms with E-state index in [4.69, 9.17) is 0 Å². The summed E-state index contributed by atoms with van der Waals surface area (Å²) in [6.45, 7) is 1.44. The molecular weight excluding hydrogens is 392 g/mol. The number of amides is 2. The number of nitrogens with one attached hydrogen (secondary N) is 3. The van der Waals surface area contributed by atoms with Crippen LogP contribution in [0.25, 0.3) is 5.69 Å². The monoisotopic (exact) mass is 412 g/mol. The standard InChI is InChI=1S/C23H20N6O2/c1-16(30)25-17-5-7-19(8-6-17)27-23(31)21-3-2-4-22(28-21)26-18-9-11-20(12-10-18)29-14-13-24-15-29/h2-15H,1H3,(H,25,30)(H,26,28)(H,27,31). The fourth-order valence-corrected chi connectivity index (χ4v) is 2.94. The van der Waals surface area contributed by atoms with Gasteiger partial charge < -0.3 is 20.5 Å². The quantitative estimate of drug-likeness (QED) is 0.440. The zero-order valence-electron chi connectivity index (χ0n) is 16.7. The van der Waals surface area contributed by atoms with E-state index in [-0.39, 0.29) is 17.5 Å². The average molecular weight is 412 g/mol. The van der Waals surface area contributed by atoms with Gasteiger partial charge in [-0.1, -0.05) is 6.07 Å². The molecule has 0 aliphatic heterocycles. The summed E-state index contributed by atoms with van der Waals surface area (Å²) in [5.41, 5.74) is 3.39. The van der Waals surface area contributed by atoms with Crippen LogP contribution in [-0.2, 0) is 4.79 Å². The fourth-order valence-electron chi connectivity index (χ4n) is 2.94. The zero-order chi connectivity index (χ0) is 21.6. The van der Waals surface area contributed by atoms with Crippen LogP contribution in [0.5, 0.6) is 0 Å². The first-order chi connectivity index (χ1) is 15.1. The number of benzene rings is 2. The van der Waals surface area contributed by atoms with Gasteiger partial charge in [-0.2, -0.15) is 0 Å². The Morgan fingerprint density at radius 2 is 1.52 bits per heavy atom. The summed E-state index contributed by atoms with van der Waals surface area (Å²) >= 11 is 0. The first kappa shape index (κ1) is 19.8. The van der Waals surface area contributed by atoms with Crippen LogP contribution in [0.3, 0.4) is 0 Å². The van der Waals surface area contributed by atoms with Crippen LogP contribution < -0.4 is 16.0 Å². The molecule has 0 atom stereocenters. The van der Waals surface area contributed by atoms with Crippen molar-refractivity contribution in [2.75, 3.05) is 16.0 Å². The third-order valence-electron chi connectivity index (χ3n) is 4.39. The van der Waals surface area contributed by atoms with E-state index in [0.29, 0.717) is 17.2 Å². The molecule has 0 aliphatic carbocycles. The molecule has 31 heavy (non-hydrogen) atoms. The lowest BCUT2D eigenvalue weighted by atomic mass is 10.2. The third-order valence-corrected chi connectivity index (χ3v) is 4.39. The maximum Gasteiger partial charge on any atom is 0.274 e. The summed E-state index contributed by atoms with van der Waals surface area (Å²) in [6.07, 6.45) is 5.34. The molecule has 0 aliphatic rings. The molecule has 0 bridgehead atoms. The smallest absolute Gasteiger partial charge is 0.274 e. The Kier molecular flexibility index (Phi) is 5.70. The molecule has 0 unspecified atom stereocenters. The topological polar surface area (TPSA) is 101 Å². The third kappa shape index (κ3) is 5.13. The molecule has 0 radical (unpaired) electrons. The number of aromatic nitrogens is 3. The molecular formula is C23H20N6O2. The molecule has 3 N–H and O–H groups in total. The molecule has 8 heteroatoms. The molecule has 2 aromatic heterocycles. The Bertz CT molecular complexity index is 1190. The minimum absolute atomic E-state index is 0.151. The van der Waals surface area contributed by atoms with Crippen LogP contribution in [0.2, 0.25) is 0 Å². The van der Waals surface area contributed by atoms with Crippen LogP contribution in [0.4, 0.5) is 22.9 Å². The number of hydrogen-bond acceptors (Lipinski definition) is 5. The Morgan fingerprint density at radius 1 is 0.839 bits per heavy atom. The highest BCUT2D eigenvalue weighted by Crippen LogP contribution is 2.18. The zero-order valence-corrected chi connectivity index (χ0v) is 16.7. The minimum Gasteiger partial charge on any atom is -0.340 e. The van der Waals surface area contributed by atoms with Crippen LogP contribution in [0.1, 0.15) is 17.4 Å². The second-order valence-corrected chi connectivity index (χ2v) is 6.76. The van der Waals surface area contributed by atoms with E-state index in [1.54, 1.807) is 55.0 Å². The first-order valence-electron chi connectivity index (χ1n) is 9.58. The van der Waals surface area contributed by atoms with Gasteiger partial charge in [-0.15, -0.1) is 0 Å². The van der Waals surface area contributed by atoms with Crippen molar-refractivity contribution >= 4 is 34.7 Å². The molecule has 0 saturated heterocycles. The molecule has 2 heterocycles. The number of nitrogens with zero attached hydrogens (tertiary/aromatic N) is 3. The van der Waals surface area contributed by atoms with Gasteiger partial charge >= 0.3 is 0 Å². The van der Waals surface area contributed by atoms with Gasteiger partial charge in [0.1, 0.15) is 11.5 Å². The predicted octanol–water partition coefficient (Wildman–Crippen LogP) is 4.22. The Hall–Kier alpha value is -4.46. The van der Waals surface area contributed by atoms with Gasteiger partial charge in [-0.25, -0.2) is 9.97 Å². The van der Waals surface area contributed by atoms with Gasteiger partial charge in [-0.05, 0) is 60.7 Å². The molecule has 4 rings (SSSR count). The summed E-state index contributed by atoms with van der Waals surface area (Å²) in [5, 5.41) is 8.69. The summed E-state index contributed by atoms with van der Waals surface area (Å²) in [4.78, 5) is 32.1. The fraction of sp³-hybridized carbons (Fsp3) is 0.0435. The van der Waals surface area contributed by atoms with Crippen molar-refractivity contribution in [2.45, 2.75) is 6.92 Å². The number of rotatable bonds is 6. The Labute approximate surface area is 179 Å². The highest BCUT2D eigenvalue weighted by molar-refractivity contribution is 6.03. The lowest BCUT2D eigenvalue weighted by molar-refractivity contribution is -0.114. The first-order valence-corrected chi connectivity index (χ1v) is 9.58. The van der Waals surface area contributed by atoms with Gasteiger partial charge in [0.15, 0.2) is 0 Å². The maximum absolute atomic E-state index is 12.6. The van der Waals surface area contributed by atoms with Crippen LogP contribution >= 0.6 is 0 Å². The van der Waals surface area contributed by atoms with Crippen molar-refractivity contribution in [1.82, 2.24) is 14.5 Å². The van der Waals surface area contributed by atoms with E-state index in [1.165, 1.54) is 6.92 Å². The maximum atomic E-state index is 12.6. The number of carbonyl (C=O) groups excluding carboxylic acids is 2. The molecule has 154 valence electrons. The van der Waals surface area contributed by atoms with E-state index in [9.17, 15) is 9.59 Å². The highest BCUT2D eigenvalue weighted by atomic mass is 16.2. The van der Waals surface area contributed by atoms with E-state index in [2.05, 4.69) is 25.9 Å². The van der Waals surface area contributed by atoms with Crippen molar-refractivity contribution < 1.29 is 9.59 Å². The molecule has 2 aromatic carbocycles. The van der Waals surface area contributed by atoms with E-state index >= 15 is 0 Å². The van der Waals surface area contributed by atoms with E-state index in [0.717, 1.165) is 11.4 Å². The lowest BCUT2D eigenvalue weighted by Crippen LogP contribution is -2.14. The average Bonchev–Trinajstić information content (AvgIpc) is 3.30. The normalized spacial score (nSPS) is 10.4. The van der Waals surface area contributed by atoms with Crippen molar-refractivity contribution in [3.63, 3.8) is 0 Å². The second-order valence-electron chi connectivity index (χ2n) is 6.76.